The molecule has 0 aliphatic heterocycles. The summed E-state index contributed by atoms with van der Waals surface area (Å²) < 4.78 is 5.22. The van der Waals surface area contributed by atoms with E-state index in [9.17, 15) is 14.9 Å². The summed E-state index contributed by atoms with van der Waals surface area (Å²) in [7, 11) is 0. The van der Waals surface area contributed by atoms with Gasteiger partial charge in [-0.05, 0) is 38.0 Å². The maximum atomic E-state index is 12.1. The molecule has 0 aliphatic rings. The third-order valence-electron chi connectivity index (χ3n) is 2.92. The van der Waals surface area contributed by atoms with Crippen LogP contribution in [0.5, 0.6) is 0 Å². The highest BCUT2D eigenvalue weighted by molar-refractivity contribution is 5.95. The van der Waals surface area contributed by atoms with E-state index in [1.54, 1.807) is 26.8 Å². The molecule has 0 radical (unpaired) electrons. The summed E-state index contributed by atoms with van der Waals surface area (Å²) in [6, 6.07) is 13.8. The largest absolute Gasteiger partial charge is 0.456 e. The Kier molecular flexibility index (Phi) is 4.26. The van der Waals surface area contributed by atoms with Gasteiger partial charge < -0.3 is 4.74 Å². The predicted molar refractivity (Wildman–Crippen MR) is 83.7 cm³/mol. The van der Waals surface area contributed by atoms with Gasteiger partial charge in [0.2, 0.25) is 0 Å². The summed E-state index contributed by atoms with van der Waals surface area (Å²) >= 11 is 0. The molecule has 0 aliphatic carbocycles. The van der Waals surface area contributed by atoms with Crippen LogP contribution >= 0.6 is 0 Å². The van der Waals surface area contributed by atoms with E-state index in [0.29, 0.717) is 5.56 Å². The third-order valence-corrected chi connectivity index (χ3v) is 2.92. The van der Waals surface area contributed by atoms with Crippen LogP contribution in [-0.2, 0) is 4.74 Å². The average Bonchev–Trinajstić information content (AvgIpc) is 2.45. The van der Waals surface area contributed by atoms with E-state index in [2.05, 4.69) is 0 Å². The summed E-state index contributed by atoms with van der Waals surface area (Å²) in [4.78, 5) is 22.8. The van der Waals surface area contributed by atoms with Crippen molar-refractivity contribution >= 4 is 11.7 Å². The Labute approximate surface area is 128 Å². The van der Waals surface area contributed by atoms with Gasteiger partial charge in [-0.1, -0.05) is 36.4 Å². The fourth-order valence-corrected chi connectivity index (χ4v) is 2.00. The lowest BCUT2D eigenvalue weighted by Crippen LogP contribution is -2.24. The van der Waals surface area contributed by atoms with Crippen molar-refractivity contribution in [1.29, 1.82) is 0 Å². The van der Waals surface area contributed by atoms with Gasteiger partial charge in [-0.25, -0.2) is 4.79 Å². The van der Waals surface area contributed by atoms with Crippen molar-refractivity contribution in [2.75, 3.05) is 0 Å². The van der Waals surface area contributed by atoms with E-state index >= 15 is 0 Å². The molecule has 0 amide bonds. The zero-order chi connectivity index (χ0) is 16.3. The van der Waals surface area contributed by atoms with Crippen molar-refractivity contribution in [1.82, 2.24) is 0 Å². The van der Waals surface area contributed by atoms with Crippen molar-refractivity contribution in [3.8, 4) is 11.1 Å². The molecule has 114 valence electrons. The molecule has 0 bridgehead atoms. The maximum Gasteiger partial charge on any atom is 0.345 e. The van der Waals surface area contributed by atoms with Crippen LogP contribution < -0.4 is 0 Å². The Morgan fingerprint density at radius 2 is 1.68 bits per heavy atom. The van der Waals surface area contributed by atoms with Crippen LogP contribution in [0.2, 0.25) is 0 Å². The number of hydrogen-bond acceptors (Lipinski definition) is 4. The topological polar surface area (TPSA) is 69.4 Å². The van der Waals surface area contributed by atoms with Gasteiger partial charge >= 0.3 is 5.97 Å². The number of ether oxygens (including phenoxy) is 1. The molecular formula is C17H17NO4. The standard InChI is InChI=1S/C17H17NO4/c1-17(2,3)22-16(19)14-10-9-13(11-15(14)18(20)21)12-7-5-4-6-8-12/h4-11H,1-3H3. The first kappa shape index (κ1) is 15.7. The number of benzene rings is 2. The zero-order valence-corrected chi connectivity index (χ0v) is 12.7. The van der Waals surface area contributed by atoms with Crippen molar-refractivity contribution in [3.05, 3.63) is 64.2 Å². The molecule has 22 heavy (non-hydrogen) atoms. The van der Waals surface area contributed by atoms with E-state index in [1.807, 2.05) is 30.3 Å². The molecule has 5 nitrogen and oxygen atoms in total. The van der Waals surface area contributed by atoms with E-state index in [-0.39, 0.29) is 11.3 Å². The van der Waals surface area contributed by atoms with E-state index in [0.717, 1.165) is 5.56 Å². The second kappa shape index (κ2) is 5.97. The molecule has 0 aromatic heterocycles. The van der Waals surface area contributed by atoms with Gasteiger partial charge in [0.1, 0.15) is 11.2 Å². The van der Waals surface area contributed by atoms with Gasteiger partial charge in [0, 0.05) is 6.07 Å². The Bertz CT molecular complexity index is 702. The van der Waals surface area contributed by atoms with Crippen LogP contribution in [-0.4, -0.2) is 16.5 Å². The summed E-state index contributed by atoms with van der Waals surface area (Å²) in [6.45, 7) is 5.15. The summed E-state index contributed by atoms with van der Waals surface area (Å²) in [5, 5.41) is 11.3. The predicted octanol–water partition coefficient (Wildman–Crippen LogP) is 4.22. The van der Waals surface area contributed by atoms with Crippen LogP contribution in [0.1, 0.15) is 31.1 Å². The van der Waals surface area contributed by atoms with Crippen LogP contribution in [0.4, 0.5) is 5.69 Å². The van der Waals surface area contributed by atoms with Gasteiger partial charge in [0.15, 0.2) is 0 Å². The monoisotopic (exact) mass is 299 g/mol. The van der Waals surface area contributed by atoms with E-state index in [4.69, 9.17) is 4.74 Å². The van der Waals surface area contributed by atoms with Gasteiger partial charge in [0.05, 0.1) is 4.92 Å². The van der Waals surface area contributed by atoms with Gasteiger partial charge in [-0.3, -0.25) is 10.1 Å². The highest BCUT2D eigenvalue weighted by atomic mass is 16.6. The van der Waals surface area contributed by atoms with Crippen molar-refractivity contribution < 1.29 is 14.5 Å². The first-order chi connectivity index (χ1) is 10.3. The number of carbonyl (C=O) groups is 1. The second-order valence-electron chi connectivity index (χ2n) is 5.86. The number of nitro groups is 1. The molecule has 0 N–H and O–H groups in total. The minimum atomic E-state index is -0.705. The summed E-state index contributed by atoms with van der Waals surface area (Å²) in [5.41, 5.74) is 0.527. The smallest absolute Gasteiger partial charge is 0.345 e. The Balaban J connectivity index is 2.45. The Morgan fingerprint density at radius 1 is 1.05 bits per heavy atom. The van der Waals surface area contributed by atoms with Crippen molar-refractivity contribution in [2.45, 2.75) is 26.4 Å². The van der Waals surface area contributed by atoms with Crippen LogP contribution in [0, 0.1) is 10.1 Å². The van der Waals surface area contributed by atoms with Gasteiger partial charge in [-0.2, -0.15) is 0 Å². The fraction of sp³-hybridized carbons (Fsp3) is 0.235. The molecule has 0 saturated carbocycles. The van der Waals surface area contributed by atoms with Crippen LogP contribution in [0.25, 0.3) is 11.1 Å². The quantitative estimate of drug-likeness (QED) is 0.483. The molecule has 0 fully saturated rings. The molecule has 2 aromatic rings. The SMILES string of the molecule is CC(C)(C)OC(=O)c1ccc(-c2ccccc2)cc1[N+](=O)[O-]. The first-order valence-corrected chi connectivity index (χ1v) is 6.85. The van der Waals surface area contributed by atoms with E-state index in [1.165, 1.54) is 12.1 Å². The normalized spacial score (nSPS) is 11.0. The molecule has 0 atom stereocenters. The first-order valence-electron chi connectivity index (χ1n) is 6.85. The molecule has 2 aromatic carbocycles. The molecule has 0 spiro atoms. The minimum absolute atomic E-state index is 0.0420. The van der Waals surface area contributed by atoms with Crippen LogP contribution in [0.15, 0.2) is 48.5 Å². The molecule has 0 saturated heterocycles. The Hall–Kier alpha value is -2.69. The van der Waals surface area contributed by atoms with Gasteiger partial charge in [0.25, 0.3) is 5.69 Å². The average molecular weight is 299 g/mol. The minimum Gasteiger partial charge on any atom is -0.456 e. The summed E-state index contributed by atoms with van der Waals surface area (Å²) in [6.07, 6.45) is 0. The number of nitro benzene ring substituents is 1. The maximum absolute atomic E-state index is 12.1. The van der Waals surface area contributed by atoms with Crippen molar-refractivity contribution in [2.24, 2.45) is 0 Å². The van der Waals surface area contributed by atoms with Gasteiger partial charge in [-0.15, -0.1) is 0 Å². The number of carbonyl (C=O) groups excluding carboxylic acids is 1. The van der Waals surface area contributed by atoms with E-state index < -0.39 is 16.5 Å². The summed E-state index contributed by atoms with van der Waals surface area (Å²) in [5.74, 6) is -0.696. The van der Waals surface area contributed by atoms with Crippen LogP contribution in [0.3, 0.4) is 0 Å². The lowest BCUT2D eigenvalue weighted by molar-refractivity contribution is -0.385. The lowest BCUT2D eigenvalue weighted by Gasteiger charge is -2.19. The molecule has 2 rings (SSSR count). The highest BCUT2D eigenvalue weighted by Crippen LogP contribution is 2.28. The second-order valence-corrected chi connectivity index (χ2v) is 5.86. The molecule has 0 heterocycles. The zero-order valence-electron chi connectivity index (χ0n) is 12.7. The lowest BCUT2D eigenvalue weighted by atomic mass is 10.0. The number of esters is 1. The number of hydrogen-bond donors (Lipinski definition) is 0. The Morgan fingerprint density at radius 3 is 2.23 bits per heavy atom. The highest BCUT2D eigenvalue weighted by Gasteiger charge is 2.25. The number of nitrogens with zero attached hydrogens (tertiary/aromatic N) is 1. The molecule has 5 heteroatoms. The third kappa shape index (κ3) is 3.69. The molecule has 0 unspecified atom stereocenters. The number of rotatable bonds is 3. The van der Waals surface area contributed by atoms with Crippen molar-refractivity contribution in [3.63, 3.8) is 0 Å². The molecular weight excluding hydrogens is 282 g/mol. The fourth-order valence-electron chi connectivity index (χ4n) is 2.00.